The van der Waals surface area contributed by atoms with E-state index >= 15 is 0 Å². The van der Waals surface area contributed by atoms with Gasteiger partial charge in [0.2, 0.25) is 0 Å². The Morgan fingerprint density at radius 1 is 1.50 bits per heavy atom. The second-order valence-electron chi connectivity index (χ2n) is 2.04. The Balaban J connectivity index is 2.47. The van der Waals surface area contributed by atoms with Crippen LogP contribution in [0.25, 0.3) is 0 Å². The summed E-state index contributed by atoms with van der Waals surface area (Å²) in [5.74, 6) is 0.519. The van der Waals surface area contributed by atoms with E-state index < -0.39 is 0 Å². The van der Waals surface area contributed by atoms with E-state index in [0.717, 1.165) is 0 Å². The van der Waals surface area contributed by atoms with Crippen LogP contribution in [-0.4, -0.2) is 18.1 Å². The van der Waals surface area contributed by atoms with Crippen LogP contribution in [-0.2, 0) is 0 Å². The second kappa shape index (κ2) is 4.30. The molecule has 0 aliphatic rings. The number of nitrogens with zero attached hydrogens (tertiary/aromatic N) is 1. The molecule has 1 aromatic rings. The van der Waals surface area contributed by atoms with E-state index in [1.807, 2.05) is 0 Å². The molecule has 0 saturated carbocycles. The minimum absolute atomic E-state index is 0.337. The van der Waals surface area contributed by atoms with Crippen molar-refractivity contribution in [2.24, 2.45) is 0 Å². The number of hydrogen-bond acceptors (Lipinski definition) is 3. The first-order valence-corrected chi connectivity index (χ1v) is 3.47. The number of urea groups is 1. The molecule has 5 heteroatoms. The zero-order chi connectivity index (χ0) is 8.81. The summed E-state index contributed by atoms with van der Waals surface area (Å²) < 4.78 is 0. The molecule has 0 aliphatic carbocycles. The van der Waals surface area contributed by atoms with Gasteiger partial charge >= 0.3 is 6.03 Å². The molecule has 0 aliphatic heterocycles. The third kappa shape index (κ3) is 2.55. The summed E-state index contributed by atoms with van der Waals surface area (Å²) in [5.41, 5.74) is 4.85. The lowest BCUT2D eigenvalue weighted by Crippen LogP contribution is -2.37. The first-order valence-electron chi connectivity index (χ1n) is 3.47. The van der Waals surface area contributed by atoms with Gasteiger partial charge in [0.05, 0.1) is 0 Å². The second-order valence-corrected chi connectivity index (χ2v) is 2.04. The molecule has 0 unspecified atom stereocenters. The van der Waals surface area contributed by atoms with Gasteiger partial charge in [0.1, 0.15) is 5.82 Å². The maximum atomic E-state index is 10.9. The van der Waals surface area contributed by atoms with E-state index in [-0.39, 0.29) is 6.03 Å². The standard InChI is InChI=1S/C7H10N4O/c1-8-11-7(12)10-6-4-2-3-5-9-6/h2-5,8H,1H3,(H2,9,10,11,12). The van der Waals surface area contributed by atoms with Crippen molar-refractivity contribution in [3.63, 3.8) is 0 Å². The molecule has 3 N–H and O–H groups in total. The Morgan fingerprint density at radius 2 is 2.33 bits per heavy atom. The highest BCUT2D eigenvalue weighted by Gasteiger charge is 1.97. The third-order valence-corrected chi connectivity index (χ3v) is 1.15. The maximum Gasteiger partial charge on any atom is 0.334 e. The summed E-state index contributed by atoms with van der Waals surface area (Å²) in [5, 5.41) is 2.52. The lowest BCUT2D eigenvalue weighted by atomic mass is 10.5. The molecule has 0 fully saturated rings. The van der Waals surface area contributed by atoms with Gasteiger partial charge in [0.15, 0.2) is 0 Å². The number of carbonyl (C=O) groups excluding carboxylic acids is 1. The maximum absolute atomic E-state index is 10.9. The van der Waals surface area contributed by atoms with Gasteiger partial charge in [-0.15, -0.1) is 0 Å². The van der Waals surface area contributed by atoms with Crippen molar-refractivity contribution in [1.82, 2.24) is 15.8 Å². The monoisotopic (exact) mass is 166 g/mol. The van der Waals surface area contributed by atoms with Crippen LogP contribution in [0.2, 0.25) is 0 Å². The molecule has 0 bridgehead atoms. The molecule has 1 rings (SSSR count). The van der Waals surface area contributed by atoms with Crippen LogP contribution < -0.4 is 16.2 Å². The van der Waals surface area contributed by atoms with E-state index in [0.29, 0.717) is 5.82 Å². The van der Waals surface area contributed by atoms with Gasteiger partial charge < -0.3 is 0 Å². The largest absolute Gasteiger partial charge is 0.334 e. The summed E-state index contributed by atoms with van der Waals surface area (Å²) in [6.45, 7) is 0. The Bertz CT molecular complexity index is 249. The van der Waals surface area contributed by atoms with Gasteiger partial charge in [-0.25, -0.2) is 15.2 Å². The number of aromatic nitrogens is 1. The summed E-state index contributed by atoms with van der Waals surface area (Å²) in [6.07, 6.45) is 1.61. The van der Waals surface area contributed by atoms with E-state index in [2.05, 4.69) is 21.2 Å². The molecule has 2 amide bonds. The summed E-state index contributed by atoms with van der Waals surface area (Å²) in [7, 11) is 1.61. The minimum Gasteiger partial charge on any atom is -0.291 e. The molecule has 0 spiro atoms. The van der Waals surface area contributed by atoms with Crippen molar-refractivity contribution in [3.8, 4) is 0 Å². The van der Waals surface area contributed by atoms with Crippen LogP contribution in [0.15, 0.2) is 24.4 Å². The number of hydrazine groups is 1. The number of nitrogens with one attached hydrogen (secondary N) is 3. The number of pyridine rings is 1. The number of carbonyl (C=O) groups is 1. The predicted octanol–water partition coefficient (Wildman–Crippen LogP) is 0.337. The lowest BCUT2D eigenvalue weighted by molar-refractivity contribution is 0.249. The van der Waals surface area contributed by atoms with Gasteiger partial charge in [-0.1, -0.05) is 6.07 Å². The fourth-order valence-corrected chi connectivity index (χ4v) is 0.698. The average Bonchev–Trinajstić information content (AvgIpc) is 2.06. The van der Waals surface area contributed by atoms with Crippen LogP contribution in [0, 0.1) is 0 Å². The van der Waals surface area contributed by atoms with E-state index in [1.165, 1.54) is 0 Å². The smallest absolute Gasteiger partial charge is 0.291 e. The quantitative estimate of drug-likeness (QED) is 0.555. The molecule has 0 atom stereocenters. The molecule has 64 valence electrons. The topological polar surface area (TPSA) is 66.0 Å². The Morgan fingerprint density at radius 3 is 2.92 bits per heavy atom. The summed E-state index contributed by atoms with van der Waals surface area (Å²) in [4.78, 5) is 14.8. The minimum atomic E-state index is -0.337. The highest BCUT2D eigenvalue weighted by Crippen LogP contribution is 1.97. The van der Waals surface area contributed by atoms with Crippen molar-refractivity contribution in [2.75, 3.05) is 12.4 Å². The van der Waals surface area contributed by atoms with Crippen LogP contribution in [0.5, 0.6) is 0 Å². The molecule has 0 radical (unpaired) electrons. The van der Waals surface area contributed by atoms with Gasteiger partial charge in [-0.05, 0) is 12.1 Å². The highest BCUT2D eigenvalue weighted by molar-refractivity contribution is 5.87. The van der Waals surface area contributed by atoms with Crippen molar-refractivity contribution in [2.45, 2.75) is 0 Å². The molecule has 5 nitrogen and oxygen atoms in total. The van der Waals surface area contributed by atoms with Gasteiger partial charge in [-0.2, -0.15) is 0 Å². The number of amides is 2. The summed E-state index contributed by atoms with van der Waals surface area (Å²) >= 11 is 0. The molecular weight excluding hydrogens is 156 g/mol. The fraction of sp³-hybridized carbons (Fsp3) is 0.143. The molecule has 1 heterocycles. The van der Waals surface area contributed by atoms with Crippen LogP contribution >= 0.6 is 0 Å². The summed E-state index contributed by atoms with van der Waals surface area (Å²) in [6, 6.07) is 4.94. The molecular formula is C7H10N4O. The van der Waals surface area contributed by atoms with E-state index in [9.17, 15) is 4.79 Å². The van der Waals surface area contributed by atoms with Crippen molar-refractivity contribution >= 4 is 11.8 Å². The third-order valence-electron chi connectivity index (χ3n) is 1.15. The molecule has 1 aromatic heterocycles. The van der Waals surface area contributed by atoms with E-state index in [1.54, 1.807) is 31.4 Å². The van der Waals surface area contributed by atoms with Crippen LogP contribution in [0.4, 0.5) is 10.6 Å². The number of rotatable bonds is 2. The van der Waals surface area contributed by atoms with Gasteiger partial charge in [0.25, 0.3) is 0 Å². The molecule has 0 aromatic carbocycles. The van der Waals surface area contributed by atoms with Gasteiger partial charge in [-0.3, -0.25) is 10.7 Å². The lowest BCUT2D eigenvalue weighted by Gasteiger charge is -2.03. The zero-order valence-corrected chi connectivity index (χ0v) is 6.66. The Hall–Kier alpha value is -1.62. The molecule has 12 heavy (non-hydrogen) atoms. The van der Waals surface area contributed by atoms with Crippen molar-refractivity contribution < 1.29 is 4.79 Å². The van der Waals surface area contributed by atoms with E-state index in [4.69, 9.17) is 0 Å². The van der Waals surface area contributed by atoms with Crippen molar-refractivity contribution in [1.29, 1.82) is 0 Å². The first kappa shape index (κ1) is 8.48. The van der Waals surface area contributed by atoms with Crippen LogP contribution in [0.3, 0.4) is 0 Å². The number of hydrogen-bond donors (Lipinski definition) is 3. The SMILES string of the molecule is CNNC(=O)Nc1ccccn1. The van der Waals surface area contributed by atoms with Gasteiger partial charge in [0, 0.05) is 13.2 Å². The Kier molecular flexibility index (Phi) is 3.04. The van der Waals surface area contributed by atoms with Crippen molar-refractivity contribution in [3.05, 3.63) is 24.4 Å². The first-order chi connectivity index (χ1) is 5.83. The number of anilines is 1. The fourth-order valence-electron chi connectivity index (χ4n) is 0.698. The predicted molar refractivity (Wildman–Crippen MR) is 45.5 cm³/mol. The highest BCUT2D eigenvalue weighted by atomic mass is 16.2. The van der Waals surface area contributed by atoms with Crippen LogP contribution in [0.1, 0.15) is 0 Å². The zero-order valence-electron chi connectivity index (χ0n) is 6.66. The Labute approximate surface area is 70.2 Å². The normalized spacial score (nSPS) is 9.08. The molecule has 0 saturated heterocycles. The average molecular weight is 166 g/mol.